The van der Waals surface area contributed by atoms with Crippen LogP contribution < -0.4 is 16.6 Å². The number of hydrogen-bond donors (Lipinski definition) is 1. The Bertz CT molecular complexity index is 1210. The average Bonchev–Trinajstić information content (AvgIpc) is 3.11. The maximum atomic E-state index is 13.7. The fourth-order valence-electron chi connectivity index (χ4n) is 2.94. The van der Waals surface area contributed by atoms with Crippen molar-refractivity contribution >= 4 is 12.0 Å². The molecule has 1 aromatic carbocycles. The maximum absolute atomic E-state index is 13.7. The molecule has 3 aromatic rings. The van der Waals surface area contributed by atoms with E-state index in [0.717, 1.165) is 4.57 Å². The van der Waals surface area contributed by atoms with Gasteiger partial charge in [-0.3, -0.25) is 14.2 Å². The second-order valence-corrected chi connectivity index (χ2v) is 6.57. The van der Waals surface area contributed by atoms with Gasteiger partial charge in [-0.15, -0.1) is 0 Å². The van der Waals surface area contributed by atoms with Crippen LogP contribution in [0.25, 0.3) is 6.08 Å². The zero-order valence-electron chi connectivity index (χ0n) is 16.2. The van der Waals surface area contributed by atoms with Crippen molar-refractivity contribution in [2.24, 2.45) is 21.1 Å². The fourth-order valence-corrected chi connectivity index (χ4v) is 2.94. The van der Waals surface area contributed by atoms with Gasteiger partial charge in [0.15, 0.2) is 0 Å². The summed E-state index contributed by atoms with van der Waals surface area (Å²) < 4.78 is 17.6. The fraction of sp³-hybridized carbons (Fsp3) is 0.200. The Hall–Kier alpha value is -3.75. The summed E-state index contributed by atoms with van der Waals surface area (Å²) in [7, 11) is 4.65. The molecule has 1 unspecified atom stereocenters. The molecule has 0 aliphatic carbocycles. The third kappa shape index (κ3) is 4.23. The number of halogens is 1. The lowest BCUT2D eigenvalue weighted by Gasteiger charge is -2.18. The molecule has 0 aliphatic rings. The van der Waals surface area contributed by atoms with Gasteiger partial charge in [0, 0.05) is 45.8 Å². The van der Waals surface area contributed by atoms with E-state index in [-0.39, 0.29) is 5.56 Å². The van der Waals surface area contributed by atoms with Crippen LogP contribution in [0.5, 0.6) is 0 Å². The van der Waals surface area contributed by atoms with Crippen LogP contribution >= 0.6 is 0 Å². The third-order valence-electron chi connectivity index (χ3n) is 4.47. The first kappa shape index (κ1) is 20.0. The van der Waals surface area contributed by atoms with E-state index in [1.165, 1.54) is 49.1 Å². The van der Waals surface area contributed by atoms with Crippen molar-refractivity contribution in [3.05, 3.63) is 92.5 Å². The molecular formula is C20H20FN5O3. The average molecular weight is 397 g/mol. The van der Waals surface area contributed by atoms with Crippen molar-refractivity contribution in [2.75, 3.05) is 0 Å². The molecule has 1 atom stereocenters. The van der Waals surface area contributed by atoms with E-state index < -0.39 is 29.0 Å². The second kappa shape index (κ2) is 8.09. The summed E-state index contributed by atoms with van der Waals surface area (Å²) >= 11 is 0. The van der Waals surface area contributed by atoms with Crippen LogP contribution in [0, 0.1) is 5.82 Å². The van der Waals surface area contributed by atoms with Crippen LogP contribution in [0.15, 0.2) is 58.5 Å². The highest BCUT2D eigenvalue weighted by Gasteiger charge is 2.20. The lowest BCUT2D eigenvalue weighted by molar-refractivity contribution is -0.117. The Morgan fingerprint density at radius 1 is 1.21 bits per heavy atom. The minimum atomic E-state index is -0.689. The lowest BCUT2D eigenvalue weighted by Crippen LogP contribution is -2.37. The minimum Gasteiger partial charge on any atom is -0.339 e. The summed E-state index contributed by atoms with van der Waals surface area (Å²) in [6.07, 6.45) is 7.18. The van der Waals surface area contributed by atoms with Crippen molar-refractivity contribution in [3.63, 3.8) is 0 Å². The molecular weight excluding hydrogens is 377 g/mol. The summed E-state index contributed by atoms with van der Waals surface area (Å²) in [6.45, 7) is 0. The van der Waals surface area contributed by atoms with E-state index in [2.05, 4.69) is 10.3 Å². The largest absolute Gasteiger partial charge is 0.339 e. The van der Waals surface area contributed by atoms with Crippen molar-refractivity contribution in [1.82, 2.24) is 24.0 Å². The number of aromatic nitrogens is 4. The van der Waals surface area contributed by atoms with Gasteiger partial charge < -0.3 is 14.5 Å². The van der Waals surface area contributed by atoms with Crippen LogP contribution in [0.1, 0.15) is 23.0 Å². The van der Waals surface area contributed by atoms with Gasteiger partial charge in [0.25, 0.3) is 5.56 Å². The SMILES string of the molecule is Cn1ccnc1C(NC(=O)/C=C/c1cn(C)c(=O)n(C)c1=O)c1cccc(F)c1. The number of imidazole rings is 1. The highest BCUT2D eigenvalue weighted by atomic mass is 19.1. The van der Waals surface area contributed by atoms with Gasteiger partial charge in [0.2, 0.25) is 5.91 Å². The molecule has 0 saturated heterocycles. The molecule has 9 heteroatoms. The highest BCUT2D eigenvalue weighted by Crippen LogP contribution is 2.21. The van der Waals surface area contributed by atoms with Crippen molar-refractivity contribution in [2.45, 2.75) is 6.04 Å². The Balaban J connectivity index is 1.90. The molecule has 0 spiro atoms. The Labute approximate surface area is 165 Å². The maximum Gasteiger partial charge on any atom is 0.330 e. The number of nitrogens with zero attached hydrogens (tertiary/aromatic N) is 4. The van der Waals surface area contributed by atoms with E-state index in [9.17, 15) is 18.8 Å². The zero-order chi connectivity index (χ0) is 21.1. The predicted octanol–water partition coefficient (Wildman–Crippen LogP) is 0.876. The van der Waals surface area contributed by atoms with E-state index in [0.29, 0.717) is 11.4 Å². The molecule has 2 aromatic heterocycles. The first-order chi connectivity index (χ1) is 13.8. The van der Waals surface area contributed by atoms with Gasteiger partial charge in [-0.05, 0) is 23.8 Å². The third-order valence-corrected chi connectivity index (χ3v) is 4.47. The summed E-state index contributed by atoms with van der Waals surface area (Å²) in [4.78, 5) is 40.7. The molecule has 2 heterocycles. The zero-order valence-corrected chi connectivity index (χ0v) is 16.2. The number of carbonyl (C=O) groups excluding carboxylic acids is 1. The summed E-state index contributed by atoms with van der Waals surface area (Å²) in [5.74, 6) is -0.409. The van der Waals surface area contributed by atoms with Crippen LogP contribution in [0.2, 0.25) is 0 Å². The molecule has 0 radical (unpaired) electrons. The normalized spacial score (nSPS) is 12.3. The van der Waals surface area contributed by atoms with Crippen LogP contribution in [-0.4, -0.2) is 24.6 Å². The number of benzene rings is 1. The lowest BCUT2D eigenvalue weighted by atomic mass is 10.1. The van der Waals surface area contributed by atoms with Crippen molar-refractivity contribution < 1.29 is 9.18 Å². The standard InChI is InChI=1S/C20H20FN5O3/c1-24-10-9-22-18(24)17(13-5-4-6-15(21)11-13)23-16(27)8-7-14-12-25(2)20(29)26(3)19(14)28/h4-12,17H,1-3H3,(H,23,27)/b8-7+. The first-order valence-corrected chi connectivity index (χ1v) is 8.76. The van der Waals surface area contributed by atoms with E-state index >= 15 is 0 Å². The number of amides is 1. The summed E-state index contributed by atoms with van der Waals surface area (Å²) in [6, 6.07) is 5.19. The van der Waals surface area contributed by atoms with E-state index in [1.54, 1.807) is 36.1 Å². The Morgan fingerprint density at radius 3 is 2.62 bits per heavy atom. The molecule has 0 bridgehead atoms. The monoisotopic (exact) mass is 397 g/mol. The van der Waals surface area contributed by atoms with Crippen LogP contribution in [-0.2, 0) is 25.9 Å². The van der Waals surface area contributed by atoms with E-state index in [4.69, 9.17) is 0 Å². The van der Waals surface area contributed by atoms with Gasteiger partial charge in [-0.1, -0.05) is 12.1 Å². The first-order valence-electron chi connectivity index (χ1n) is 8.76. The van der Waals surface area contributed by atoms with Gasteiger partial charge in [0.05, 0.1) is 5.56 Å². The highest BCUT2D eigenvalue weighted by molar-refractivity contribution is 5.92. The Kier molecular flexibility index (Phi) is 5.58. The van der Waals surface area contributed by atoms with Crippen LogP contribution in [0.4, 0.5) is 4.39 Å². The molecule has 0 saturated carbocycles. The number of carbonyl (C=O) groups is 1. The van der Waals surface area contributed by atoms with Gasteiger partial charge in [-0.2, -0.15) is 0 Å². The number of nitrogens with one attached hydrogen (secondary N) is 1. The van der Waals surface area contributed by atoms with Gasteiger partial charge in [-0.25, -0.2) is 14.2 Å². The van der Waals surface area contributed by atoms with Crippen LogP contribution in [0.3, 0.4) is 0 Å². The van der Waals surface area contributed by atoms with Crippen molar-refractivity contribution in [1.29, 1.82) is 0 Å². The summed E-state index contributed by atoms with van der Waals surface area (Å²) in [5.41, 5.74) is -0.261. The Morgan fingerprint density at radius 2 is 1.97 bits per heavy atom. The number of aryl methyl sites for hydroxylation is 2. The molecule has 0 fully saturated rings. The molecule has 1 N–H and O–H groups in total. The quantitative estimate of drug-likeness (QED) is 0.647. The molecule has 3 rings (SSSR count). The number of hydrogen-bond acceptors (Lipinski definition) is 4. The predicted molar refractivity (Wildman–Crippen MR) is 106 cm³/mol. The topological polar surface area (TPSA) is 90.9 Å². The van der Waals surface area contributed by atoms with Gasteiger partial charge in [0.1, 0.15) is 17.7 Å². The second-order valence-electron chi connectivity index (χ2n) is 6.57. The molecule has 29 heavy (non-hydrogen) atoms. The van der Waals surface area contributed by atoms with E-state index in [1.807, 2.05) is 0 Å². The number of rotatable bonds is 5. The smallest absolute Gasteiger partial charge is 0.330 e. The minimum absolute atomic E-state index is 0.184. The molecule has 150 valence electrons. The molecule has 0 aliphatic heterocycles. The molecule has 1 amide bonds. The van der Waals surface area contributed by atoms with Crippen molar-refractivity contribution in [3.8, 4) is 0 Å². The van der Waals surface area contributed by atoms with Gasteiger partial charge >= 0.3 is 5.69 Å². The summed E-state index contributed by atoms with van der Waals surface area (Å²) in [5, 5.41) is 2.78. The molecule has 8 nitrogen and oxygen atoms in total.